The number of pyridine rings is 1. The quantitative estimate of drug-likeness (QED) is 0.915. The van der Waals surface area contributed by atoms with Gasteiger partial charge in [-0.1, -0.05) is 0 Å². The summed E-state index contributed by atoms with van der Waals surface area (Å²) >= 11 is 0. The van der Waals surface area contributed by atoms with E-state index in [1.54, 1.807) is 14.2 Å². The van der Waals surface area contributed by atoms with Gasteiger partial charge in [0.2, 0.25) is 0 Å². The van der Waals surface area contributed by atoms with Gasteiger partial charge in [-0.3, -0.25) is 4.98 Å². The Morgan fingerprint density at radius 3 is 2.62 bits per heavy atom. The SMILES string of the molecule is COc1cc2nc3c(c(NCC4CN(C)C4)c2cc1OC)CCC3. The fourth-order valence-electron chi connectivity index (χ4n) is 3.99. The number of ether oxygens (including phenoxy) is 2. The Labute approximate surface area is 143 Å². The van der Waals surface area contributed by atoms with Crippen LogP contribution in [0.3, 0.4) is 0 Å². The molecule has 24 heavy (non-hydrogen) atoms. The van der Waals surface area contributed by atoms with Crippen LogP contribution in [0.1, 0.15) is 17.7 Å². The first-order chi connectivity index (χ1) is 11.7. The molecular formula is C19H25N3O2. The van der Waals surface area contributed by atoms with Crippen LogP contribution in [0, 0.1) is 5.92 Å². The highest BCUT2D eigenvalue weighted by molar-refractivity contribution is 5.96. The highest BCUT2D eigenvalue weighted by Gasteiger charge is 2.25. The van der Waals surface area contributed by atoms with E-state index in [4.69, 9.17) is 14.5 Å². The molecule has 128 valence electrons. The van der Waals surface area contributed by atoms with Gasteiger partial charge in [0.15, 0.2) is 11.5 Å². The number of benzene rings is 1. The molecule has 0 radical (unpaired) electrons. The number of aromatic nitrogens is 1. The topological polar surface area (TPSA) is 46.6 Å². The summed E-state index contributed by atoms with van der Waals surface area (Å²) in [6, 6.07) is 4.06. The van der Waals surface area contributed by atoms with Gasteiger partial charge in [-0.05, 0) is 37.9 Å². The van der Waals surface area contributed by atoms with Crippen molar-refractivity contribution in [1.29, 1.82) is 0 Å². The van der Waals surface area contributed by atoms with E-state index in [1.807, 2.05) is 6.07 Å². The summed E-state index contributed by atoms with van der Waals surface area (Å²) in [5, 5.41) is 4.88. The number of nitrogens with one attached hydrogen (secondary N) is 1. The van der Waals surface area contributed by atoms with Crippen molar-refractivity contribution in [1.82, 2.24) is 9.88 Å². The van der Waals surface area contributed by atoms with Gasteiger partial charge < -0.3 is 19.7 Å². The van der Waals surface area contributed by atoms with Crippen molar-refractivity contribution in [2.24, 2.45) is 5.92 Å². The van der Waals surface area contributed by atoms with Gasteiger partial charge in [0.25, 0.3) is 0 Å². The zero-order valence-electron chi connectivity index (χ0n) is 14.7. The summed E-state index contributed by atoms with van der Waals surface area (Å²) in [7, 11) is 5.53. The third-order valence-corrected chi connectivity index (χ3v) is 5.22. The molecule has 0 atom stereocenters. The predicted octanol–water partition coefficient (Wildman–Crippen LogP) is 2.71. The van der Waals surface area contributed by atoms with Crippen molar-refractivity contribution >= 4 is 16.6 Å². The number of methoxy groups -OCH3 is 2. The van der Waals surface area contributed by atoms with Crippen LogP contribution in [0.15, 0.2) is 12.1 Å². The molecule has 0 spiro atoms. The molecule has 2 heterocycles. The number of rotatable bonds is 5. The molecule has 0 bridgehead atoms. The van der Waals surface area contributed by atoms with E-state index in [-0.39, 0.29) is 0 Å². The average molecular weight is 327 g/mol. The van der Waals surface area contributed by atoms with Gasteiger partial charge in [-0.15, -0.1) is 0 Å². The molecule has 5 heteroatoms. The third kappa shape index (κ3) is 2.57. The lowest BCUT2D eigenvalue weighted by Gasteiger charge is -2.36. The third-order valence-electron chi connectivity index (χ3n) is 5.22. The largest absolute Gasteiger partial charge is 0.493 e. The van der Waals surface area contributed by atoms with E-state index in [0.29, 0.717) is 0 Å². The first kappa shape index (κ1) is 15.5. The zero-order chi connectivity index (χ0) is 16.7. The first-order valence-electron chi connectivity index (χ1n) is 8.69. The first-order valence-corrected chi connectivity index (χ1v) is 8.69. The molecule has 5 nitrogen and oxygen atoms in total. The lowest BCUT2D eigenvalue weighted by molar-refractivity contribution is 0.144. The summed E-state index contributed by atoms with van der Waals surface area (Å²) in [6.07, 6.45) is 3.37. The molecule has 1 N–H and O–H groups in total. The Bertz CT molecular complexity index is 769. The molecule has 0 saturated carbocycles. The lowest BCUT2D eigenvalue weighted by Crippen LogP contribution is -2.46. The minimum atomic E-state index is 0.732. The van der Waals surface area contributed by atoms with Gasteiger partial charge in [-0.25, -0.2) is 0 Å². The lowest BCUT2D eigenvalue weighted by atomic mass is 10.00. The molecule has 1 aromatic carbocycles. The molecule has 1 aliphatic heterocycles. The molecule has 1 saturated heterocycles. The van der Waals surface area contributed by atoms with E-state index >= 15 is 0 Å². The van der Waals surface area contributed by atoms with E-state index in [0.717, 1.165) is 47.7 Å². The Hall–Kier alpha value is -2.01. The Morgan fingerprint density at radius 2 is 1.92 bits per heavy atom. The second-order valence-electron chi connectivity index (χ2n) is 6.96. The van der Waals surface area contributed by atoms with E-state index in [1.165, 1.54) is 36.5 Å². The average Bonchev–Trinajstić information content (AvgIpc) is 3.03. The highest BCUT2D eigenvalue weighted by atomic mass is 16.5. The Morgan fingerprint density at radius 1 is 1.17 bits per heavy atom. The van der Waals surface area contributed by atoms with Gasteiger partial charge in [0.1, 0.15) is 0 Å². The van der Waals surface area contributed by atoms with Gasteiger partial charge in [-0.2, -0.15) is 0 Å². The molecular weight excluding hydrogens is 302 g/mol. The molecule has 4 rings (SSSR count). The molecule has 0 unspecified atom stereocenters. The smallest absolute Gasteiger partial charge is 0.162 e. The molecule has 2 aromatic rings. The molecule has 1 aromatic heterocycles. The number of nitrogens with zero attached hydrogens (tertiary/aromatic N) is 2. The summed E-state index contributed by atoms with van der Waals surface area (Å²) < 4.78 is 11.0. The van der Waals surface area contributed by atoms with Crippen LogP contribution in [0.2, 0.25) is 0 Å². The summed E-state index contributed by atoms with van der Waals surface area (Å²) in [4.78, 5) is 7.25. The van der Waals surface area contributed by atoms with Crippen molar-refractivity contribution in [3.05, 3.63) is 23.4 Å². The van der Waals surface area contributed by atoms with Gasteiger partial charge in [0, 0.05) is 48.4 Å². The maximum Gasteiger partial charge on any atom is 0.162 e. The van der Waals surface area contributed by atoms with E-state index < -0.39 is 0 Å². The number of hydrogen-bond acceptors (Lipinski definition) is 5. The van der Waals surface area contributed by atoms with Crippen molar-refractivity contribution < 1.29 is 9.47 Å². The van der Waals surface area contributed by atoms with Gasteiger partial charge in [0.05, 0.1) is 19.7 Å². The van der Waals surface area contributed by atoms with E-state index in [2.05, 4.69) is 23.3 Å². The maximum absolute atomic E-state index is 5.50. The van der Waals surface area contributed by atoms with Crippen molar-refractivity contribution in [2.45, 2.75) is 19.3 Å². The van der Waals surface area contributed by atoms with Crippen LogP contribution in [-0.2, 0) is 12.8 Å². The minimum absolute atomic E-state index is 0.732. The van der Waals surface area contributed by atoms with Crippen LogP contribution in [-0.4, -0.2) is 50.8 Å². The van der Waals surface area contributed by atoms with Crippen LogP contribution in [0.5, 0.6) is 11.5 Å². The maximum atomic E-state index is 5.50. The van der Waals surface area contributed by atoms with Crippen molar-refractivity contribution in [3.63, 3.8) is 0 Å². The second-order valence-corrected chi connectivity index (χ2v) is 6.96. The highest BCUT2D eigenvalue weighted by Crippen LogP contribution is 2.39. The van der Waals surface area contributed by atoms with E-state index in [9.17, 15) is 0 Å². The van der Waals surface area contributed by atoms with Gasteiger partial charge >= 0.3 is 0 Å². The number of hydrogen-bond donors (Lipinski definition) is 1. The summed E-state index contributed by atoms with van der Waals surface area (Å²) in [6.45, 7) is 3.37. The number of likely N-dealkylation sites (tertiary alicyclic amines) is 1. The normalized spacial score (nSPS) is 17.6. The Balaban J connectivity index is 1.76. The molecule has 0 amide bonds. The van der Waals surface area contributed by atoms with Crippen molar-refractivity contribution in [2.75, 3.05) is 46.2 Å². The fraction of sp³-hybridized carbons (Fsp3) is 0.526. The monoisotopic (exact) mass is 327 g/mol. The minimum Gasteiger partial charge on any atom is -0.493 e. The second kappa shape index (κ2) is 6.13. The zero-order valence-corrected chi connectivity index (χ0v) is 14.7. The molecule has 1 aliphatic carbocycles. The molecule has 1 fully saturated rings. The van der Waals surface area contributed by atoms with Crippen LogP contribution < -0.4 is 14.8 Å². The number of aryl methyl sites for hydroxylation is 1. The van der Waals surface area contributed by atoms with Crippen molar-refractivity contribution in [3.8, 4) is 11.5 Å². The Kier molecular flexibility index (Phi) is 3.96. The molecule has 2 aliphatic rings. The van der Waals surface area contributed by atoms with Crippen LogP contribution >= 0.6 is 0 Å². The van der Waals surface area contributed by atoms with Crippen LogP contribution in [0.4, 0.5) is 5.69 Å². The van der Waals surface area contributed by atoms with Crippen LogP contribution in [0.25, 0.3) is 10.9 Å². The summed E-state index contributed by atoms with van der Waals surface area (Å²) in [5.41, 5.74) is 4.87. The number of anilines is 1. The number of fused-ring (bicyclic) bond motifs is 2. The standard InChI is InChI=1S/C19H25N3O2/c1-22-10-12(11-22)9-20-19-13-5-4-6-15(13)21-16-8-18(24-3)17(23-2)7-14(16)19/h7-8,12H,4-6,9-11H2,1-3H3,(H,20,21). The summed E-state index contributed by atoms with van der Waals surface area (Å²) in [5.74, 6) is 2.23. The fourth-order valence-corrected chi connectivity index (χ4v) is 3.99. The predicted molar refractivity (Wildman–Crippen MR) is 96.3 cm³/mol.